The highest BCUT2D eigenvalue weighted by atomic mass is 16.3. The van der Waals surface area contributed by atoms with E-state index in [1.807, 2.05) is 6.07 Å². The van der Waals surface area contributed by atoms with Crippen LogP contribution in [-0.2, 0) is 0 Å². The largest absolute Gasteiger partial charge is 0.459 e. The lowest BCUT2D eigenvalue weighted by atomic mass is 10.0. The van der Waals surface area contributed by atoms with Crippen LogP contribution in [0.15, 0.2) is 16.7 Å². The summed E-state index contributed by atoms with van der Waals surface area (Å²) in [6.07, 6.45) is 6.54. The van der Waals surface area contributed by atoms with E-state index in [9.17, 15) is 4.79 Å². The number of rotatable bonds is 5. The molecule has 21 heavy (non-hydrogen) atoms. The second-order valence-electron chi connectivity index (χ2n) is 6.85. The second-order valence-corrected chi connectivity index (χ2v) is 6.85. The number of carbonyl (C=O) groups is 1. The standard InChI is InChI=1S/C17H26N2O2/c1-12(2)15-7-10-21-16(15)17(20)18-14-5-8-19(9-6-14)11-13-3-4-13/h7,10,12-14H,3-6,8-9,11H2,1-2H3,(H,18,20). The molecule has 1 aliphatic heterocycles. The molecule has 0 spiro atoms. The maximum absolute atomic E-state index is 12.4. The summed E-state index contributed by atoms with van der Waals surface area (Å²) in [6.45, 7) is 7.64. The zero-order valence-corrected chi connectivity index (χ0v) is 13.1. The third-order valence-corrected chi connectivity index (χ3v) is 4.66. The summed E-state index contributed by atoms with van der Waals surface area (Å²) in [5.41, 5.74) is 0.999. The van der Waals surface area contributed by atoms with Crippen molar-refractivity contribution < 1.29 is 9.21 Å². The van der Waals surface area contributed by atoms with Gasteiger partial charge in [0, 0.05) is 31.2 Å². The summed E-state index contributed by atoms with van der Waals surface area (Å²) in [7, 11) is 0. The van der Waals surface area contributed by atoms with Gasteiger partial charge in [-0.3, -0.25) is 4.79 Å². The molecule has 1 aliphatic carbocycles. The molecule has 3 rings (SSSR count). The summed E-state index contributed by atoms with van der Waals surface area (Å²) >= 11 is 0. The first-order chi connectivity index (χ1) is 10.1. The fourth-order valence-electron chi connectivity index (χ4n) is 3.13. The molecule has 2 fully saturated rings. The Bertz CT molecular complexity index is 483. The number of furan rings is 1. The number of hydrogen-bond acceptors (Lipinski definition) is 3. The smallest absolute Gasteiger partial charge is 0.287 e. The third-order valence-electron chi connectivity index (χ3n) is 4.66. The van der Waals surface area contributed by atoms with Gasteiger partial charge >= 0.3 is 0 Å². The number of hydrogen-bond donors (Lipinski definition) is 1. The van der Waals surface area contributed by atoms with E-state index in [1.54, 1.807) is 6.26 Å². The molecule has 2 aliphatic rings. The Balaban J connectivity index is 1.50. The average Bonchev–Trinajstić information content (AvgIpc) is 3.13. The Morgan fingerprint density at radius 3 is 2.67 bits per heavy atom. The minimum Gasteiger partial charge on any atom is -0.459 e. The van der Waals surface area contributed by atoms with Crippen LogP contribution in [-0.4, -0.2) is 36.5 Å². The lowest BCUT2D eigenvalue weighted by Gasteiger charge is -2.32. The van der Waals surface area contributed by atoms with Crippen LogP contribution < -0.4 is 5.32 Å². The van der Waals surface area contributed by atoms with Gasteiger partial charge in [0.25, 0.3) is 5.91 Å². The van der Waals surface area contributed by atoms with Gasteiger partial charge in [0.2, 0.25) is 0 Å². The predicted octanol–water partition coefficient (Wildman–Crippen LogP) is 3.01. The van der Waals surface area contributed by atoms with Gasteiger partial charge in [-0.15, -0.1) is 0 Å². The second kappa shape index (κ2) is 6.22. The van der Waals surface area contributed by atoms with Gasteiger partial charge in [-0.2, -0.15) is 0 Å². The molecule has 2 heterocycles. The van der Waals surface area contributed by atoms with Crippen molar-refractivity contribution in [3.63, 3.8) is 0 Å². The van der Waals surface area contributed by atoms with Gasteiger partial charge in [-0.25, -0.2) is 0 Å². The minimum absolute atomic E-state index is 0.0515. The van der Waals surface area contributed by atoms with Crippen molar-refractivity contribution in [2.24, 2.45) is 5.92 Å². The Kier molecular flexibility index (Phi) is 4.34. The van der Waals surface area contributed by atoms with Crippen molar-refractivity contribution >= 4 is 5.91 Å². The molecule has 0 unspecified atom stereocenters. The molecule has 1 aromatic rings. The minimum atomic E-state index is -0.0515. The molecular formula is C17H26N2O2. The van der Waals surface area contributed by atoms with Gasteiger partial charge in [-0.05, 0) is 43.6 Å². The number of carbonyl (C=O) groups excluding carboxylic acids is 1. The monoisotopic (exact) mass is 290 g/mol. The van der Waals surface area contributed by atoms with E-state index in [-0.39, 0.29) is 11.9 Å². The van der Waals surface area contributed by atoms with E-state index in [0.29, 0.717) is 11.7 Å². The summed E-state index contributed by atoms with van der Waals surface area (Å²) < 4.78 is 5.39. The SMILES string of the molecule is CC(C)c1ccoc1C(=O)NC1CCN(CC2CC2)CC1. The van der Waals surface area contributed by atoms with Gasteiger partial charge in [-0.1, -0.05) is 13.8 Å². The molecule has 1 saturated carbocycles. The van der Waals surface area contributed by atoms with Crippen LogP contribution in [0, 0.1) is 5.92 Å². The Labute approximate surface area is 126 Å². The summed E-state index contributed by atoms with van der Waals surface area (Å²) in [5.74, 6) is 1.70. The van der Waals surface area contributed by atoms with E-state index in [2.05, 4.69) is 24.1 Å². The highest BCUT2D eigenvalue weighted by molar-refractivity contribution is 5.93. The molecule has 4 nitrogen and oxygen atoms in total. The molecule has 0 atom stereocenters. The van der Waals surface area contributed by atoms with Gasteiger partial charge in [0.05, 0.1) is 6.26 Å². The quantitative estimate of drug-likeness (QED) is 0.906. The summed E-state index contributed by atoms with van der Waals surface area (Å²) in [4.78, 5) is 14.9. The third kappa shape index (κ3) is 3.67. The van der Waals surface area contributed by atoms with Crippen LogP contribution in [0.25, 0.3) is 0 Å². The van der Waals surface area contributed by atoms with Crippen molar-refractivity contribution in [1.29, 1.82) is 0 Å². The summed E-state index contributed by atoms with van der Waals surface area (Å²) in [5, 5.41) is 3.15. The van der Waals surface area contributed by atoms with E-state index >= 15 is 0 Å². The zero-order chi connectivity index (χ0) is 14.8. The Morgan fingerprint density at radius 2 is 2.05 bits per heavy atom. The molecule has 1 saturated heterocycles. The fourth-order valence-corrected chi connectivity index (χ4v) is 3.13. The lowest BCUT2D eigenvalue weighted by molar-refractivity contribution is 0.0880. The van der Waals surface area contributed by atoms with Crippen LogP contribution in [0.2, 0.25) is 0 Å². The molecule has 0 aromatic carbocycles. The van der Waals surface area contributed by atoms with E-state index in [4.69, 9.17) is 4.42 Å². The van der Waals surface area contributed by atoms with E-state index in [0.717, 1.165) is 37.4 Å². The van der Waals surface area contributed by atoms with E-state index in [1.165, 1.54) is 19.4 Å². The highest BCUT2D eigenvalue weighted by Crippen LogP contribution is 2.30. The Hall–Kier alpha value is -1.29. The highest BCUT2D eigenvalue weighted by Gasteiger charge is 2.28. The van der Waals surface area contributed by atoms with Crippen molar-refractivity contribution in [1.82, 2.24) is 10.2 Å². The van der Waals surface area contributed by atoms with Crippen LogP contribution in [0.1, 0.15) is 61.6 Å². The molecule has 1 amide bonds. The topological polar surface area (TPSA) is 45.5 Å². The molecule has 116 valence electrons. The Morgan fingerprint density at radius 1 is 1.33 bits per heavy atom. The van der Waals surface area contributed by atoms with E-state index < -0.39 is 0 Å². The number of amides is 1. The first kappa shape index (κ1) is 14.6. The molecule has 1 N–H and O–H groups in total. The molecule has 0 bridgehead atoms. The first-order valence-electron chi connectivity index (χ1n) is 8.24. The molecular weight excluding hydrogens is 264 g/mol. The van der Waals surface area contributed by atoms with Gasteiger partial charge < -0.3 is 14.6 Å². The van der Waals surface area contributed by atoms with Gasteiger partial charge in [0.15, 0.2) is 5.76 Å². The molecule has 1 aromatic heterocycles. The first-order valence-corrected chi connectivity index (χ1v) is 8.24. The zero-order valence-electron chi connectivity index (χ0n) is 13.1. The van der Waals surface area contributed by atoms with Crippen LogP contribution >= 0.6 is 0 Å². The van der Waals surface area contributed by atoms with Crippen molar-refractivity contribution in [3.8, 4) is 0 Å². The number of nitrogens with zero attached hydrogens (tertiary/aromatic N) is 1. The number of nitrogens with one attached hydrogen (secondary N) is 1. The van der Waals surface area contributed by atoms with Crippen molar-refractivity contribution in [2.45, 2.75) is 51.5 Å². The molecule has 0 radical (unpaired) electrons. The van der Waals surface area contributed by atoms with Gasteiger partial charge in [0.1, 0.15) is 0 Å². The maximum atomic E-state index is 12.4. The number of likely N-dealkylation sites (tertiary alicyclic amines) is 1. The van der Waals surface area contributed by atoms with Crippen LogP contribution in [0.4, 0.5) is 0 Å². The summed E-state index contributed by atoms with van der Waals surface area (Å²) in [6, 6.07) is 2.19. The average molecular weight is 290 g/mol. The van der Waals surface area contributed by atoms with Crippen molar-refractivity contribution in [3.05, 3.63) is 23.7 Å². The molecule has 4 heteroatoms. The predicted molar refractivity (Wildman–Crippen MR) is 82.4 cm³/mol. The maximum Gasteiger partial charge on any atom is 0.287 e. The van der Waals surface area contributed by atoms with Crippen LogP contribution in [0.5, 0.6) is 0 Å². The number of piperidine rings is 1. The van der Waals surface area contributed by atoms with Crippen LogP contribution in [0.3, 0.4) is 0 Å². The fraction of sp³-hybridized carbons (Fsp3) is 0.706. The lowest BCUT2D eigenvalue weighted by Crippen LogP contribution is -2.45. The van der Waals surface area contributed by atoms with Crippen molar-refractivity contribution in [2.75, 3.05) is 19.6 Å². The normalized spacial score (nSPS) is 20.9.